The van der Waals surface area contributed by atoms with Gasteiger partial charge in [0.05, 0.1) is 6.04 Å². The third kappa shape index (κ3) is 1.94. The number of amides is 1. The average molecular weight is 243 g/mol. The van der Waals surface area contributed by atoms with Crippen molar-refractivity contribution >= 4 is 5.91 Å². The first-order valence-electron chi connectivity index (χ1n) is 7.06. The molecule has 1 saturated carbocycles. The van der Waals surface area contributed by atoms with Crippen LogP contribution in [0.3, 0.4) is 0 Å². The highest BCUT2D eigenvalue weighted by molar-refractivity contribution is 5.81. The number of hydrogen-bond donors (Lipinski definition) is 0. The van der Waals surface area contributed by atoms with Crippen LogP contribution in [0.4, 0.5) is 0 Å². The first-order valence-corrected chi connectivity index (χ1v) is 7.06. The number of nitrogens with zero attached hydrogens (tertiary/aromatic N) is 1. The first kappa shape index (κ1) is 11.8. The van der Waals surface area contributed by atoms with Gasteiger partial charge in [-0.2, -0.15) is 0 Å². The quantitative estimate of drug-likeness (QED) is 0.781. The van der Waals surface area contributed by atoms with Gasteiger partial charge in [0, 0.05) is 12.5 Å². The topological polar surface area (TPSA) is 20.3 Å². The molecule has 96 valence electrons. The normalized spacial score (nSPS) is 23.1. The highest BCUT2D eigenvalue weighted by Gasteiger charge is 2.39. The summed E-state index contributed by atoms with van der Waals surface area (Å²) in [6.45, 7) is 5.34. The fraction of sp³-hybridized carbons (Fsp3) is 0.562. The molecule has 18 heavy (non-hydrogen) atoms. The Kier molecular flexibility index (Phi) is 2.89. The van der Waals surface area contributed by atoms with Crippen molar-refractivity contribution in [3.8, 4) is 0 Å². The lowest BCUT2D eigenvalue weighted by molar-refractivity contribution is -0.136. The largest absolute Gasteiger partial charge is 0.335 e. The van der Waals surface area contributed by atoms with Crippen LogP contribution in [0.25, 0.3) is 0 Å². The maximum absolute atomic E-state index is 12.4. The third-order valence-electron chi connectivity index (χ3n) is 4.17. The molecule has 2 heteroatoms. The summed E-state index contributed by atoms with van der Waals surface area (Å²) in [5.74, 6) is 1.20. The summed E-state index contributed by atoms with van der Waals surface area (Å²) in [5, 5.41) is 0. The van der Waals surface area contributed by atoms with Gasteiger partial charge in [-0.3, -0.25) is 4.79 Å². The smallest absolute Gasteiger partial charge is 0.226 e. The third-order valence-corrected chi connectivity index (χ3v) is 4.17. The zero-order valence-electron chi connectivity index (χ0n) is 11.2. The van der Waals surface area contributed by atoms with Crippen LogP contribution >= 0.6 is 0 Å². The summed E-state index contributed by atoms with van der Waals surface area (Å²) >= 11 is 0. The minimum atomic E-state index is 0.281. The average Bonchev–Trinajstić information content (AvgIpc) is 3.20. The van der Waals surface area contributed by atoms with Gasteiger partial charge in [0.2, 0.25) is 5.91 Å². The van der Waals surface area contributed by atoms with Gasteiger partial charge in [0.1, 0.15) is 0 Å². The predicted molar refractivity (Wildman–Crippen MR) is 72.2 cm³/mol. The van der Waals surface area contributed by atoms with Crippen molar-refractivity contribution < 1.29 is 4.79 Å². The highest BCUT2D eigenvalue weighted by atomic mass is 16.2. The van der Waals surface area contributed by atoms with Crippen LogP contribution < -0.4 is 0 Å². The second-order valence-corrected chi connectivity index (χ2v) is 5.94. The van der Waals surface area contributed by atoms with E-state index in [-0.39, 0.29) is 6.04 Å². The second-order valence-electron chi connectivity index (χ2n) is 5.94. The molecule has 1 fully saturated rings. The summed E-state index contributed by atoms with van der Waals surface area (Å²) in [6, 6.07) is 8.90. The van der Waals surface area contributed by atoms with Crippen LogP contribution in [0.2, 0.25) is 0 Å². The number of fused-ring (bicyclic) bond motifs is 1. The molecule has 1 aromatic rings. The van der Waals surface area contributed by atoms with Crippen molar-refractivity contribution in [3.63, 3.8) is 0 Å². The molecule has 0 N–H and O–H groups in total. The summed E-state index contributed by atoms with van der Waals surface area (Å²) in [7, 11) is 0. The number of rotatable bonds is 2. The standard InChI is InChI=1S/C16H21NO/c1-11(2)15-14-6-4-3-5-12(14)9-10-17(15)16(18)13-7-8-13/h3-6,11,13,15H,7-10H2,1-2H3. The van der Waals surface area contributed by atoms with E-state index in [0.29, 0.717) is 17.7 Å². The van der Waals surface area contributed by atoms with Crippen LogP contribution in [-0.4, -0.2) is 17.4 Å². The minimum Gasteiger partial charge on any atom is -0.335 e. The molecular formula is C16H21NO. The number of hydrogen-bond acceptors (Lipinski definition) is 1. The molecule has 1 unspecified atom stereocenters. The Labute approximate surface area is 109 Å². The number of carbonyl (C=O) groups is 1. The predicted octanol–water partition coefficient (Wildman–Crippen LogP) is 3.18. The Balaban J connectivity index is 1.95. The van der Waals surface area contributed by atoms with Gasteiger partial charge in [-0.25, -0.2) is 0 Å². The maximum atomic E-state index is 12.4. The van der Waals surface area contributed by atoms with Crippen molar-refractivity contribution in [2.45, 2.75) is 39.2 Å². The summed E-state index contributed by atoms with van der Waals surface area (Å²) in [5.41, 5.74) is 2.80. The van der Waals surface area contributed by atoms with Gasteiger partial charge in [-0.15, -0.1) is 0 Å². The zero-order chi connectivity index (χ0) is 12.7. The second kappa shape index (κ2) is 4.42. The molecular weight excluding hydrogens is 222 g/mol. The Morgan fingerprint density at radius 3 is 2.67 bits per heavy atom. The van der Waals surface area contributed by atoms with Gasteiger partial charge < -0.3 is 4.90 Å². The lowest BCUT2D eigenvalue weighted by Crippen LogP contribution is -2.42. The van der Waals surface area contributed by atoms with Crippen molar-refractivity contribution in [1.29, 1.82) is 0 Å². The van der Waals surface area contributed by atoms with E-state index < -0.39 is 0 Å². The van der Waals surface area contributed by atoms with Gasteiger partial charge in [0.25, 0.3) is 0 Å². The maximum Gasteiger partial charge on any atom is 0.226 e. The number of carbonyl (C=O) groups excluding carboxylic acids is 1. The molecule has 0 spiro atoms. The van der Waals surface area contributed by atoms with Crippen molar-refractivity contribution in [2.24, 2.45) is 11.8 Å². The van der Waals surface area contributed by atoms with Crippen molar-refractivity contribution in [3.05, 3.63) is 35.4 Å². The molecule has 1 aromatic carbocycles. The lowest BCUT2D eigenvalue weighted by Gasteiger charge is -2.40. The summed E-state index contributed by atoms with van der Waals surface area (Å²) in [4.78, 5) is 14.6. The van der Waals surface area contributed by atoms with Gasteiger partial charge in [-0.05, 0) is 36.3 Å². The SMILES string of the molecule is CC(C)C1c2ccccc2CCN1C(=O)C1CC1. The Bertz CT molecular complexity index is 462. The van der Waals surface area contributed by atoms with Crippen LogP contribution in [-0.2, 0) is 11.2 Å². The van der Waals surface area contributed by atoms with E-state index in [0.717, 1.165) is 25.8 Å². The molecule has 1 amide bonds. The molecule has 1 heterocycles. The lowest BCUT2D eigenvalue weighted by atomic mass is 9.86. The van der Waals surface area contributed by atoms with E-state index in [2.05, 4.69) is 43.0 Å². The Hall–Kier alpha value is -1.31. The minimum absolute atomic E-state index is 0.281. The van der Waals surface area contributed by atoms with Crippen LogP contribution in [0.1, 0.15) is 43.9 Å². The number of benzene rings is 1. The molecule has 1 aliphatic heterocycles. The molecule has 0 bridgehead atoms. The van der Waals surface area contributed by atoms with Crippen LogP contribution in [0.5, 0.6) is 0 Å². The van der Waals surface area contributed by atoms with Crippen molar-refractivity contribution in [2.75, 3.05) is 6.54 Å². The fourth-order valence-corrected chi connectivity index (χ4v) is 3.13. The van der Waals surface area contributed by atoms with Crippen LogP contribution in [0, 0.1) is 11.8 Å². The van der Waals surface area contributed by atoms with Crippen LogP contribution in [0.15, 0.2) is 24.3 Å². The fourth-order valence-electron chi connectivity index (χ4n) is 3.13. The van der Waals surface area contributed by atoms with E-state index in [1.165, 1.54) is 11.1 Å². The van der Waals surface area contributed by atoms with E-state index in [1.54, 1.807) is 0 Å². The molecule has 3 rings (SSSR count). The van der Waals surface area contributed by atoms with E-state index in [1.807, 2.05) is 0 Å². The molecule has 0 saturated heterocycles. The molecule has 1 aliphatic carbocycles. The monoisotopic (exact) mass is 243 g/mol. The summed E-state index contributed by atoms with van der Waals surface area (Å²) in [6.07, 6.45) is 3.21. The van der Waals surface area contributed by atoms with Crippen molar-refractivity contribution in [1.82, 2.24) is 4.90 Å². The van der Waals surface area contributed by atoms with E-state index in [9.17, 15) is 4.79 Å². The van der Waals surface area contributed by atoms with Gasteiger partial charge >= 0.3 is 0 Å². The molecule has 0 aromatic heterocycles. The van der Waals surface area contributed by atoms with Gasteiger partial charge in [-0.1, -0.05) is 38.1 Å². The zero-order valence-corrected chi connectivity index (χ0v) is 11.2. The molecule has 0 radical (unpaired) electrons. The van der Waals surface area contributed by atoms with Gasteiger partial charge in [0.15, 0.2) is 0 Å². The first-order chi connectivity index (χ1) is 8.68. The molecule has 2 nitrogen and oxygen atoms in total. The molecule has 2 aliphatic rings. The van der Waals surface area contributed by atoms with E-state index in [4.69, 9.17) is 0 Å². The summed E-state index contributed by atoms with van der Waals surface area (Å²) < 4.78 is 0. The van der Waals surface area contributed by atoms with E-state index >= 15 is 0 Å². The Morgan fingerprint density at radius 1 is 1.28 bits per heavy atom. The Morgan fingerprint density at radius 2 is 2.00 bits per heavy atom. The highest BCUT2D eigenvalue weighted by Crippen LogP contribution is 2.39. The molecule has 1 atom stereocenters.